The predicted octanol–water partition coefficient (Wildman–Crippen LogP) is 5.90. The fourth-order valence-corrected chi connectivity index (χ4v) is 4.22. The number of nitrogen functional groups attached to an aromatic ring is 1. The standard InChI is InChI=1S/C27H26N4O3/c1-4-6-17(2)14-33-21-7-5-8-22(13-21)34-20-11-9-19(10-12-20)31-23-15-32-18(3)24(23)25-26(31)27(28)30-16-29-25/h4-13,16,18H,1,14-15H2,2-3H3,(H2,28,29,30). The van der Waals surface area contributed by atoms with Gasteiger partial charge >= 0.3 is 0 Å². The molecule has 0 spiro atoms. The monoisotopic (exact) mass is 454 g/mol. The lowest BCUT2D eigenvalue weighted by Crippen LogP contribution is -2.03. The number of allylic oxidation sites excluding steroid dienone is 2. The van der Waals surface area contributed by atoms with E-state index in [1.54, 1.807) is 6.08 Å². The number of fused-ring (bicyclic) bond motifs is 3. The molecule has 1 aliphatic heterocycles. The van der Waals surface area contributed by atoms with E-state index in [1.807, 2.05) is 68.5 Å². The van der Waals surface area contributed by atoms with Crippen LogP contribution in [-0.2, 0) is 11.3 Å². The Morgan fingerprint density at radius 3 is 2.76 bits per heavy atom. The highest BCUT2D eigenvalue weighted by molar-refractivity contribution is 5.91. The summed E-state index contributed by atoms with van der Waals surface area (Å²) in [7, 11) is 0. The Hall–Kier alpha value is -4.10. The van der Waals surface area contributed by atoms with E-state index in [0.29, 0.717) is 30.5 Å². The molecule has 0 fully saturated rings. The lowest BCUT2D eigenvalue weighted by Gasteiger charge is -2.12. The van der Waals surface area contributed by atoms with Crippen molar-refractivity contribution in [3.63, 3.8) is 0 Å². The molecule has 5 rings (SSSR count). The summed E-state index contributed by atoms with van der Waals surface area (Å²) in [5.74, 6) is 2.60. The summed E-state index contributed by atoms with van der Waals surface area (Å²) >= 11 is 0. The topological polar surface area (TPSA) is 84.4 Å². The van der Waals surface area contributed by atoms with Gasteiger partial charge in [0.25, 0.3) is 0 Å². The first-order valence-electron chi connectivity index (χ1n) is 11.1. The van der Waals surface area contributed by atoms with Gasteiger partial charge in [-0.1, -0.05) is 24.8 Å². The molecule has 3 heterocycles. The summed E-state index contributed by atoms with van der Waals surface area (Å²) in [4.78, 5) is 8.70. The molecule has 0 bridgehead atoms. The quantitative estimate of drug-likeness (QED) is 0.350. The summed E-state index contributed by atoms with van der Waals surface area (Å²) in [5, 5.41) is 0. The van der Waals surface area contributed by atoms with Gasteiger partial charge in [-0.3, -0.25) is 0 Å². The minimum Gasteiger partial charge on any atom is -0.489 e. The van der Waals surface area contributed by atoms with Crippen molar-refractivity contribution in [2.24, 2.45) is 0 Å². The Bertz CT molecular complexity index is 1390. The third-order valence-electron chi connectivity index (χ3n) is 5.79. The predicted molar refractivity (Wildman–Crippen MR) is 132 cm³/mol. The zero-order valence-electron chi connectivity index (χ0n) is 19.2. The highest BCUT2D eigenvalue weighted by atomic mass is 16.5. The van der Waals surface area contributed by atoms with Crippen LogP contribution >= 0.6 is 0 Å². The molecule has 0 saturated carbocycles. The Balaban J connectivity index is 1.40. The molecule has 172 valence electrons. The number of ether oxygens (including phenoxy) is 3. The van der Waals surface area contributed by atoms with Gasteiger partial charge in [0.2, 0.25) is 0 Å². The molecule has 1 atom stereocenters. The van der Waals surface area contributed by atoms with Gasteiger partial charge in [-0.15, -0.1) is 0 Å². The van der Waals surface area contributed by atoms with Crippen molar-refractivity contribution in [3.8, 4) is 22.9 Å². The van der Waals surface area contributed by atoms with E-state index in [4.69, 9.17) is 19.9 Å². The fourth-order valence-electron chi connectivity index (χ4n) is 4.22. The van der Waals surface area contributed by atoms with E-state index in [0.717, 1.165) is 39.3 Å². The van der Waals surface area contributed by atoms with Gasteiger partial charge in [0, 0.05) is 17.3 Å². The maximum absolute atomic E-state index is 6.25. The molecule has 0 amide bonds. The molecule has 34 heavy (non-hydrogen) atoms. The number of rotatable bonds is 7. The van der Waals surface area contributed by atoms with Gasteiger partial charge < -0.3 is 24.5 Å². The lowest BCUT2D eigenvalue weighted by atomic mass is 10.1. The third kappa shape index (κ3) is 4.02. The Morgan fingerprint density at radius 2 is 1.97 bits per heavy atom. The lowest BCUT2D eigenvalue weighted by molar-refractivity contribution is 0.0783. The second kappa shape index (κ2) is 9.03. The highest BCUT2D eigenvalue weighted by Gasteiger charge is 2.30. The van der Waals surface area contributed by atoms with E-state index in [9.17, 15) is 0 Å². The first kappa shape index (κ1) is 21.7. The van der Waals surface area contributed by atoms with Gasteiger partial charge in [0.1, 0.15) is 41.2 Å². The van der Waals surface area contributed by atoms with Gasteiger partial charge in [-0.25, -0.2) is 9.97 Å². The van der Waals surface area contributed by atoms with E-state index >= 15 is 0 Å². The number of nitrogens with zero attached hydrogens (tertiary/aromatic N) is 3. The van der Waals surface area contributed by atoms with Crippen LogP contribution in [0.3, 0.4) is 0 Å². The number of aromatic nitrogens is 3. The number of benzene rings is 2. The van der Waals surface area contributed by atoms with Crippen molar-refractivity contribution >= 4 is 16.9 Å². The number of hydrogen-bond donors (Lipinski definition) is 1. The third-order valence-corrected chi connectivity index (χ3v) is 5.79. The molecule has 2 aromatic heterocycles. The van der Waals surface area contributed by atoms with Crippen LogP contribution < -0.4 is 15.2 Å². The van der Waals surface area contributed by atoms with Crippen molar-refractivity contribution in [2.45, 2.75) is 26.6 Å². The van der Waals surface area contributed by atoms with Gasteiger partial charge in [0.05, 0.1) is 18.4 Å². The van der Waals surface area contributed by atoms with E-state index in [-0.39, 0.29) is 6.10 Å². The second-order valence-corrected chi connectivity index (χ2v) is 8.21. The first-order valence-corrected chi connectivity index (χ1v) is 11.1. The minimum absolute atomic E-state index is 0.0406. The Labute approximate surface area is 198 Å². The fraction of sp³-hybridized carbons (Fsp3) is 0.185. The van der Waals surface area contributed by atoms with Crippen molar-refractivity contribution in [1.82, 2.24) is 14.5 Å². The second-order valence-electron chi connectivity index (χ2n) is 8.21. The van der Waals surface area contributed by atoms with E-state index in [1.165, 1.54) is 6.33 Å². The highest BCUT2D eigenvalue weighted by Crippen LogP contribution is 2.40. The number of anilines is 1. The molecule has 4 aromatic rings. The maximum Gasteiger partial charge on any atom is 0.151 e. The minimum atomic E-state index is -0.0406. The molecule has 2 aromatic carbocycles. The Morgan fingerprint density at radius 1 is 1.18 bits per heavy atom. The molecular formula is C27H26N4O3. The van der Waals surface area contributed by atoms with E-state index in [2.05, 4.69) is 21.1 Å². The molecular weight excluding hydrogens is 428 g/mol. The van der Waals surface area contributed by atoms with Crippen LogP contribution in [0.2, 0.25) is 0 Å². The summed E-state index contributed by atoms with van der Waals surface area (Å²) in [6.45, 7) is 8.73. The van der Waals surface area contributed by atoms with Crippen molar-refractivity contribution < 1.29 is 14.2 Å². The van der Waals surface area contributed by atoms with Crippen LogP contribution in [0.1, 0.15) is 31.2 Å². The normalized spacial score (nSPS) is 15.4. The van der Waals surface area contributed by atoms with Crippen LogP contribution in [0, 0.1) is 0 Å². The summed E-state index contributed by atoms with van der Waals surface area (Å²) in [6, 6.07) is 15.4. The zero-order valence-corrected chi connectivity index (χ0v) is 19.2. The summed E-state index contributed by atoms with van der Waals surface area (Å²) < 4.78 is 19.9. The Kier molecular flexibility index (Phi) is 5.77. The molecule has 1 aliphatic rings. The van der Waals surface area contributed by atoms with Crippen LogP contribution in [-0.4, -0.2) is 21.1 Å². The zero-order chi connectivity index (χ0) is 23.7. The summed E-state index contributed by atoms with van der Waals surface area (Å²) in [5.41, 5.74) is 12.0. The van der Waals surface area contributed by atoms with Crippen molar-refractivity contribution in [1.29, 1.82) is 0 Å². The SMILES string of the molecule is C=CC=C(C)COc1cccc(Oc2ccc(-n3c4c(c5ncnc(N)c53)C(C)OC4)cc2)c1. The summed E-state index contributed by atoms with van der Waals surface area (Å²) in [6.07, 6.45) is 5.14. The molecule has 7 heteroatoms. The smallest absolute Gasteiger partial charge is 0.151 e. The van der Waals surface area contributed by atoms with Crippen molar-refractivity contribution in [2.75, 3.05) is 12.3 Å². The first-order chi connectivity index (χ1) is 16.5. The average Bonchev–Trinajstić information content (AvgIpc) is 3.37. The number of hydrogen-bond acceptors (Lipinski definition) is 6. The van der Waals surface area contributed by atoms with Gasteiger partial charge in [-0.05, 0) is 55.8 Å². The molecule has 0 aliphatic carbocycles. The molecule has 0 saturated heterocycles. The van der Waals surface area contributed by atoms with Crippen molar-refractivity contribution in [3.05, 3.63) is 90.4 Å². The van der Waals surface area contributed by atoms with Gasteiger partial charge in [-0.2, -0.15) is 0 Å². The largest absolute Gasteiger partial charge is 0.489 e. The molecule has 0 radical (unpaired) electrons. The number of nitrogens with two attached hydrogens (primary N) is 1. The molecule has 7 nitrogen and oxygen atoms in total. The molecule has 2 N–H and O–H groups in total. The van der Waals surface area contributed by atoms with Crippen LogP contribution in [0.25, 0.3) is 16.7 Å². The average molecular weight is 455 g/mol. The van der Waals surface area contributed by atoms with Crippen LogP contribution in [0.4, 0.5) is 5.82 Å². The van der Waals surface area contributed by atoms with E-state index < -0.39 is 0 Å². The molecule has 1 unspecified atom stereocenters. The van der Waals surface area contributed by atoms with Crippen LogP contribution in [0.5, 0.6) is 17.2 Å². The maximum atomic E-state index is 6.25. The van der Waals surface area contributed by atoms with Crippen LogP contribution in [0.15, 0.2) is 79.2 Å². The van der Waals surface area contributed by atoms with Gasteiger partial charge in [0.15, 0.2) is 5.82 Å².